The minimum atomic E-state index is -0.848. The lowest BCUT2D eigenvalue weighted by molar-refractivity contribution is 0.225. The van der Waals surface area contributed by atoms with Crippen LogP contribution in [0.2, 0.25) is 0 Å². The zero-order chi connectivity index (χ0) is 7.56. The van der Waals surface area contributed by atoms with Gasteiger partial charge in [0, 0.05) is 26.2 Å². The summed E-state index contributed by atoms with van der Waals surface area (Å²) in [6.45, 7) is 4.84. The zero-order valence-corrected chi connectivity index (χ0v) is 10.4. The summed E-state index contributed by atoms with van der Waals surface area (Å²) >= 11 is 7.24. The van der Waals surface area contributed by atoms with Gasteiger partial charge in [0.05, 0.1) is 0 Å². The van der Waals surface area contributed by atoms with Crippen molar-refractivity contribution in [1.82, 2.24) is 9.47 Å². The third-order valence-electron chi connectivity index (χ3n) is 1.81. The Morgan fingerprint density at radius 2 is 1.60 bits per heavy atom. The van der Waals surface area contributed by atoms with E-state index >= 15 is 0 Å². The fraction of sp³-hybridized carbons (Fsp3) is 1.00. The molecular weight excluding hydrogens is 276 g/mol. The molecule has 0 N–H and O–H groups in total. The van der Waals surface area contributed by atoms with Crippen LogP contribution in [0, 0.1) is 0 Å². The van der Waals surface area contributed by atoms with Crippen LogP contribution in [0.3, 0.4) is 0 Å². The topological polar surface area (TPSA) is 6.48 Å². The van der Waals surface area contributed by atoms with Crippen LogP contribution in [-0.2, 0) is 0 Å². The van der Waals surface area contributed by atoms with E-state index in [-0.39, 0.29) is 0 Å². The molecule has 1 aliphatic rings. The lowest BCUT2D eigenvalue weighted by Crippen LogP contribution is -2.47. The molecule has 0 aromatic rings. The summed E-state index contributed by atoms with van der Waals surface area (Å²) in [5.41, 5.74) is 0. The number of hydrogen-bond acceptors (Lipinski definition) is 2. The zero-order valence-electron chi connectivity index (χ0n) is 6.06. The van der Waals surface area contributed by atoms with Crippen molar-refractivity contribution in [2.75, 3.05) is 33.2 Å². The lowest BCUT2D eigenvalue weighted by atomic mass is 10.4. The molecule has 0 atom stereocenters. The normalized spacial score (nSPS) is 24.0. The maximum Gasteiger partial charge on any atom is 0.257 e. The summed E-state index contributed by atoms with van der Waals surface area (Å²) in [5, 5.41) is 0. The average Bonchev–Trinajstić information content (AvgIpc) is 1.88. The lowest BCUT2D eigenvalue weighted by Gasteiger charge is -2.32. The van der Waals surface area contributed by atoms with Crippen molar-refractivity contribution in [3.8, 4) is 0 Å². The minimum Gasteiger partial charge on any atom is -0.307 e. The van der Waals surface area contributed by atoms with Crippen molar-refractivity contribution in [3.05, 3.63) is 0 Å². The molecular formula is C5H12Br2N2Si. The largest absolute Gasteiger partial charge is 0.307 e. The molecule has 5 heteroatoms. The van der Waals surface area contributed by atoms with Gasteiger partial charge in [-0.15, -0.1) is 0 Å². The predicted molar refractivity (Wildman–Crippen MR) is 54.1 cm³/mol. The highest BCUT2D eigenvalue weighted by Crippen LogP contribution is 2.11. The van der Waals surface area contributed by atoms with E-state index in [9.17, 15) is 0 Å². The van der Waals surface area contributed by atoms with E-state index in [4.69, 9.17) is 0 Å². The maximum atomic E-state index is 3.62. The summed E-state index contributed by atoms with van der Waals surface area (Å²) in [6.07, 6.45) is -0.848. The van der Waals surface area contributed by atoms with Crippen molar-refractivity contribution in [1.29, 1.82) is 0 Å². The molecule has 1 fully saturated rings. The van der Waals surface area contributed by atoms with Crippen molar-refractivity contribution < 1.29 is 0 Å². The predicted octanol–water partition coefficient (Wildman–Crippen LogP) is 0.741. The van der Waals surface area contributed by atoms with Gasteiger partial charge in [-0.25, -0.2) is 0 Å². The highest BCUT2D eigenvalue weighted by atomic mass is 79.9. The molecule has 0 bridgehead atoms. The number of halogens is 2. The standard InChI is InChI=1S/C5H12Br2N2Si/c1-8-2-4-9(5-3-8)10(6)7/h10H,2-5H2,1H3. The van der Waals surface area contributed by atoms with Gasteiger partial charge < -0.3 is 9.47 Å². The third kappa shape index (κ3) is 2.62. The van der Waals surface area contributed by atoms with Crippen LogP contribution in [0.15, 0.2) is 0 Å². The summed E-state index contributed by atoms with van der Waals surface area (Å²) in [6, 6.07) is 0. The van der Waals surface area contributed by atoms with Gasteiger partial charge >= 0.3 is 0 Å². The Hall–Kier alpha value is 1.10. The average molecular weight is 288 g/mol. The van der Waals surface area contributed by atoms with Crippen molar-refractivity contribution in [2.24, 2.45) is 0 Å². The van der Waals surface area contributed by atoms with Crippen molar-refractivity contribution in [2.45, 2.75) is 0 Å². The molecule has 1 rings (SSSR count). The molecule has 10 heavy (non-hydrogen) atoms. The smallest absolute Gasteiger partial charge is 0.257 e. The van der Waals surface area contributed by atoms with Gasteiger partial charge in [-0.3, -0.25) is 0 Å². The number of likely N-dealkylation sites (N-methyl/N-ethyl adjacent to an activating group) is 1. The Bertz CT molecular complexity index is 104. The summed E-state index contributed by atoms with van der Waals surface area (Å²) < 4.78 is 2.50. The van der Waals surface area contributed by atoms with Crippen molar-refractivity contribution >= 4 is 36.8 Å². The second kappa shape index (κ2) is 4.20. The van der Waals surface area contributed by atoms with E-state index in [2.05, 4.69) is 47.1 Å². The molecule has 60 valence electrons. The third-order valence-corrected chi connectivity index (χ3v) is 6.36. The molecule has 1 aliphatic heterocycles. The van der Waals surface area contributed by atoms with Crippen LogP contribution >= 0.6 is 30.6 Å². The van der Waals surface area contributed by atoms with Gasteiger partial charge in [-0.2, -0.15) is 0 Å². The first-order chi connectivity index (χ1) is 4.70. The van der Waals surface area contributed by atoms with Crippen LogP contribution in [0.1, 0.15) is 0 Å². The van der Waals surface area contributed by atoms with E-state index in [1.54, 1.807) is 0 Å². The fourth-order valence-electron chi connectivity index (χ4n) is 1.02. The van der Waals surface area contributed by atoms with E-state index in [1.807, 2.05) is 0 Å². The molecule has 0 amide bonds. The Balaban J connectivity index is 2.26. The SMILES string of the molecule is CN1CCN([SiH](Br)Br)CC1. The summed E-state index contributed by atoms with van der Waals surface area (Å²) in [5.74, 6) is 0. The van der Waals surface area contributed by atoms with E-state index in [0.29, 0.717) is 0 Å². The Morgan fingerprint density at radius 3 is 2.00 bits per heavy atom. The molecule has 0 unspecified atom stereocenters. The van der Waals surface area contributed by atoms with Crippen LogP contribution in [0.4, 0.5) is 0 Å². The second-order valence-corrected chi connectivity index (χ2v) is 12.8. The van der Waals surface area contributed by atoms with Gasteiger partial charge in [-0.05, 0) is 7.05 Å². The summed E-state index contributed by atoms with van der Waals surface area (Å²) in [7, 11) is 2.18. The van der Waals surface area contributed by atoms with Crippen molar-refractivity contribution in [3.63, 3.8) is 0 Å². The van der Waals surface area contributed by atoms with Crippen LogP contribution < -0.4 is 0 Å². The first kappa shape index (κ1) is 9.19. The molecule has 0 aliphatic carbocycles. The monoisotopic (exact) mass is 286 g/mol. The summed E-state index contributed by atoms with van der Waals surface area (Å²) in [4.78, 5) is 2.37. The number of hydrogen-bond donors (Lipinski definition) is 0. The highest BCUT2D eigenvalue weighted by molar-refractivity contribution is 9.48. The van der Waals surface area contributed by atoms with E-state index in [0.717, 1.165) is 0 Å². The number of piperazine rings is 1. The van der Waals surface area contributed by atoms with Gasteiger partial charge in [0.1, 0.15) is 0 Å². The van der Waals surface area contributed by atoms with Crippen LogP contribution in [-0.4, -0.2) is 48.9 Å². The molecule has 0 saturated carbocycles. The highest BCUT2D eigenvalue weighted by Gasteiger charge is 2.18. The van der Waals surface area contributed by atoms with E-state index < -0.39 is 6.20 Å². The molecule has 1 saturated heterocycles. The minimum absolute atomic E-state index is 0.848. The fourth-order valence-corrected chi connectivity index (χ4v) is 4.10. The molecule has 0 radical (unpaired) electrons. The van der Waals surface area contributed by atoms with E-state index in [1.165, 1.54) is 26.2 Å². The van der Waals surface area contributed by atoms with Gasteiger partial charge in [0.25, 0.3) is 6.20 Å². The first-order valence-corrected chi connectivity index (χ1v) is 10.3. The molecule has 2 nitrogen and oxygen atoms in total. The molecule has 1 heterocycles. The van der Waals surface area contributed by atoms with Gasteiger partial charge in [-0.1, -0.05) is 30.6 Å². The molecule has 0 aromatic heterocycles. The van der Waals surface area contributed by atoms with Crippen LogP contribution in [0.5, 0.6) is 0 Å². The second-order valence-electron chi connectivity index (χ2n) is 2.62. The van der Waals surface area contributed by atoms with Gasteiger partial charge in [0.2, 0.25) is 0 Å². The maximum absolute atomic E-state index is 3.62. The first-order valence-electron chi connectivity index (χ1n) is 3.41. The van der Waals surface area contributed by atoms with Crippen LogP contribution in [0.25, 0.3) is 0 Å². The van der Waals surface area contributed by atoms with Gasteiger partial charge in [0.15, 0.2) is 0 Å². The quantitative estimate of drug-likeness (QED) is 0.519. The molecule has 0 aromatic carbocycles. The Labute approximate surface area is 79.4 Å². The molecule has 0 spiro atoms. The number of rotatable bonds is 1. The number of nitrogens with zero attached hydrogens (tertiary/aromatic N) is 2. The Morgan fingerprint density at radius 1 is 1.10 bits per heavy atom. The Kier molecular flexibility index (Phi) is 3.86.